The van der Waals surface area contributed by atoms with Crippen molar-refractivity contribution in [2.75, 3.05) is 6.61 Å². The van der Waals surface area contributed by atoms with E-state index in [4.69, 9.17) is 4.74 Å². The molecular formula is C30H28F4O. The molecule has 0 bridgehead atoms. The van der Waals surface area contributed by atoms with Crippen molar-refractivity contribution >= 4 is 10.8 Å². The topological polar surface area (TPSA) is 9.23 Å². The summed E-state index contributed by atoms with van der Waals surface area (Å²) >= 11 is 0. The molecule has 0 radical (unpaired) electrons. The number of fused-ring (bicyclic) bond motifs is 1. The molecule has 4 rings (SSSR count). The van der Waals surface area contributed by atoms with Gasteiger partial charge in [0.05, 0.1) is 12.2 Å². The SMILES string of the molecule is CCCOc1ccc(CCc2ccc3c(F)c(CCc4ccc(C(F)(F)F)cc4)ccc3c2)cc1. The number of hydrogen-bond acceptors (Lipinski definition) is 1. The van der Waals surface area contributed by atoms with Gasteiger partial charge >= 0.3 is 6.18 Å². The first-order valence-corrected chi connectivity index (χ1v) is 11.9. The van der Waals surface area contributed by atoms with Crippen LogP contribution < -0.4 is 4.74 Å². The number of aryl methyl sites for hydroxylation is 4. The molecule has 0 aliphatic carbocycles. The number of hydrogen-bond donors (Lipinski definition) is 0. The van der Waals surface area contributed by atoms with Gasteiger partial charge in [-0.25, -0.2) is 4.39 Å². The van der Waals surface area contributed by atoms with Crippen molar-refractivity contribution in [2.45, 2.75) is 45.2 Å². The third-order valence-electron chi connectivity index (χ3n) is 6.16. The lowest BCUT2D eigenvalue weighted by Gasteiger charge is -2.10. The summed E-state index contributed by atoms with van der Waals surface area (Å²) in [7, 11) is 0. The van der Waals surface area contributed by atoms with Crippen LogP contribution in [-0.4, -0.2) is 6.61 Å². The van der Waals surface area contributed by atoms with Crippen molar-refractivity contribution in [3.05, 3.63) is 112 Å². The first-order valence-electron chi connectivity index (χ1n) is 11.9. The largest absolute Gasteiger partial charge is 0.494 e. The van der Waals surface area contributed by atoms with Gasteiger partial charge in [0, 0.05) is 5.39 Å². The molecule has 0 unspecified atom stereocenters. The van der Waals surface area contributed by atoms with E-state index in [1.54, 1.807) is 6.07 Å². The summed E-state index contributed by atoms with van der Waals surface area (Å²) in [5, 5.41) is 1.41. The minimum atomic E-state index is -4.35. The summed E-state index contributed by atoms with van der Waals surface area (Å²) in [6, 6.07) is 22.7. The Morgan fingerprint density at radius 3 is 1.94 bits per heavy atom. The van der Waals surface area contributed by atoms with Gasteiger partial charge in [0.1, 0.15) is 11.6 Å². The van der Waals surface area contributed by atoms with E-state index in [9.17, 15) is 13.2 Å². The molecule has 0 spiro atoms. The average Bonchev–Trinajstić information content (AvgIpc) is 2.86. The second-order valence-electron chi connectivity index (χ2n) is 8.78. The van der Waals surface area contributed by atoms with Crippen LogP contribution in [0.3, 0.4) is 0 Å². The number of halogens is 4. The molecule has 0 amide bonds. The Hall–Kier alpha value is -3.34. The molecule has 0 heterocycles. The molecule has 0 aromatic heterocycles. The molecule has 0 saturated carbocycles. The second-order valence-corrected chi connectivity index (χ2v) is 8.78. The third-order valence-corrected chi connectivity index (χ3v) is 6.16. The fourth-order valence-corrected chi connectivity index (χ4v) is 4.14. The summed E-state index contributed by atoms with van der Waals surface area (Å²) in [4.78, 5) is 0. The van der Waals surface area contributed by atoms with Crippen LogP contribution in [0.4, 0.5) is 17.6 Å². The van der Waals surface area contributed by atoms with Gasteiger partial charge in [0.2, 0.25) is 0 Å². The van der Waals surface area contributed by atoms with Gasteiger partial charge in [-0.15, -0.1) is 0 Å². The van der Waals surface area contributed by atoms with Gasteiger partial charge in [-0.1, -0.05) is 61.5 Å². The number of ether oxygens (including phenoxy) is 1. The minimum absolute atomic E-state index is 0.261. The highest BCUT2D eigenvalue weighted by molar-refractivity contribution is 5.84. The molecule has 0 aliphatic heterocycles. The Labute approximate surface area is 203 Å². The van der Waals surface area contributed by atoms with E-state index < -0.39 is 11.7 Å². The summed E-state index contributed by atoms with van der Waals surface area (Å²) < 4.78 is 59.0. The van der Waals surface area contributed by atoms with Crippen LogP contribution in [0.5, 0.6) is 5.75 Å². The fraction of sp³-hybridized carbons (Fsp3) is 0.267. The van der Waals surface area contributed by atoms with Gasteiger partial charge in [-0.2, -0.15) is 13.2 Å². The summed E-state index contributed by atoms with van der Waals surface area (Å²) in [6.07, 6.45) is -0.746. The van der Waals surface area contributed by atoms with Crippen LogP contribution in [0.25, 0.3) is 10.8 Å². The maximum Gasteiger partial charge on any atom is 0.416 e. The highest BCUT2D eigenvalue weighted by atomic mass is 19.4. The van der Waals surface area contributed by atoms with Crippen molar-refractivity contribution in [3.63, 3.8) is 0 Å². The number of alkyl halides is 3. The quantitative estimate of drug-likeness (QED) is 0.219. The Kier molecular flexibility index (Phi) is 7.74. The number of benzene rings is 4. The van der Waals surface area contributed by atoms with Crippen molar-refractivity contribution < 1.29 is 22.3 Å². The van der Waals surface area contributed by atoms with E-state index in [0.29, 0.717) is 30.4 Å². The standard InChI is InChI=1S/C30H28F4O/c1-2-19-35-27-16-8-21(9-17-27)3-4-23-10-18-28-25(20-23)13-12-24(29(28)31)11-5-22-6-14-26(15-7-22)30(32,33)34/h6-10,12-18,20H,2-5,11,19H2,1H3. The normalized spacial score (nSPS) is 11.7. The molecule has 0 N–H and O–H groups in total. The zero-order valence-corrected chi connectivity index (χ0v) is 19.7. The predicted octanol–water partition coefficient (Wildman–Crippen LogP) is 8.36. The Bertz CT molecular complexity index is 1260. The maximum absolute atomic E-state index is 15.1. The van der Waals surface area contributed by atoms with Crippen LogP contribution in [0.2, 0.25) is 0 Å². The van der Waals surface area contributed by atoms with Crippen LogP contribution in [0.1, 0.15) is 41.2 Å². The van der Waals surface area contributed by atoms with Crippen LogP contribution >= 0.6 is 0 Å². The first-order chi connectivity index (χ1) is 16.8. The van der Waals surface area contributed by atoms with Crippen molar-refractivity contribution in [1.29, 1.82) is 0 Å². The van der Waals surface area contributed by atoms with E-state index in [0.717, 1.165) is 53.7 Å². The molecule has 0 fully saturated rings. The van der Waals surface area contributed by atoms with E-state index in [1.807, 2.05) is 36.4 Å². The molecule has 4 aromatic carbocycles. The van der Waals surface area contributed by atoms with Crippen LogP contribution in [0, 0.1) is 5.82 Å². The van der Waals surface area contributed by atoms with Gasteiger partial charge in [0.25, 0.3) is 0 Å². The third kappa shape index (κ3) is 6.41. The lowest BCUT2D eigenvalue weighted by atomic mass is 9.97. The summed E-state index contributed by atoms with van der Waals surface area (Å²) in [6.45, 7) is 2.79. The maximum atomic E-state index is 15.1. The second kappa shape index (κ2) is 10.9. The average molecular weight is 481 g/mol. The van der Waals surface area contributed by atoms with Crippen LogP contribution in [0.15, 0.2) is 78.9 Å². The smallest absolute Gasteiger partial charge is 0.416 e. The van der Waals surface area contributed by atoms with Gasteiger partial charge in [-0.3, -0.25) is 0 Å². The molecule has 5 heteroatoms. The zero-order chi connectivity index (χ0) is 24.8. The molecular weight excluding hydrogens is 452 g/mol. The van der Waals surface area contributed by atoms with Gasteiger partial charge < -0.3 is 4.74 Å². The van der Waals surface area contributed by atoms with E-state index in [1.165, 1.54) is 17.7 Å². The highest BCUT2D eigenvalue weighted by Crippen LogP contribution is 2.29. The minimum Gasteiger partial charge on any atom is -0.494 e. The molecule has 0 saturated heterocycles. The Balaban J connectivity index is 1.39. The molecule has 182 valence electrons. The molecule has 4 aromatic rings. The molecule has 0 aliphatic rings. The van der Waals surface area contributed by atoms with Gasteiger partial charge in [0.15, 0.2) is 0 Å². The highest BCUT2D eigenvalue weighted by Gasteiger charge is 2.29. The summed E-state index contributed by atoms with van der Waals surface area (Å²) in [5.74, 6) is 0.620. The van der Waals surface area contributed by atoms with Crippen LogP contribution in [-0.2, 0) is 31.9 Å². The van der Waals surface area contributed by atoms with Crippen molar-refractivity contribution in [3.8, 4) is 5.75 Å². The lowest BCUT2D eigenvalue weighted by Crippen LogP contribution is -2.04. The lowest BCUT2D eigenvalue weighted by molar-refractivity contribution is -0.137. The fourth-order valence-electron chi connectivity index (χ4n) is 4.14. The van der Waals surface area contributed by atoms with Crippen molar-refractivity contribution in [2.24, 2.45) is 0 Å². The molecule has 0 atom stereocenters. The molecule has 35 heavy (non-hydrogen) atoms. The molecule has 1 nitrogen and oxygen atoms in total. The van der Waals surface area contributed by atoms with E-state index >= 15 is 4.39 Å². The summed E-state index contributed by atoms with van der Waals surface area (Å²) in [5.41, 5.74) is 3.00. The first kappa shape index (κ1) is 24.8. The number of rotatable bonds is 9. The Morgan fingerprint density at radius 2 is 1.29 bits per heavy atom. The monoisotopic (exact) mass is 480 g/mol. The zero-order valence-electron chi connectivity index (χ0n) is 19.7. The van der Waals surface area contributed by atoms with Crippen molar-refractivity contribution in [1.82, 2.24) is 0 Å². The van der Waals surface area contributed by atoms with E-state index in [2.05, 4.69) is 19.1 Å². The van der Waals surface area contributed by atoms with Gasteiger partial charge in [-0.05, 0) is 84.0 Å². The predicted molar refractivity (Wildman–Crippen MR) is 132 cm³/mol. The van der Waals surface area contributed by atoms with E-state index in [-0.39, 0.29) is 5.82 Å². The Morgan fingerprint density at radius 1 is 0.686 bits per heavy atom.